The van der Waals surface area contributed by atoms with Crippen LogP contribution in [0.1, 0.15) is 27.7 Å². The van der Waals surface area contributed by atoms with E-state index in [-0.39, 0.29) is 36.1 Å². The number of rotatable bonds is 6. The molecule has 1 rings (SSSR count). The maximum atomic E-state index is 14.1. The SMILES string of the molecule is CC(C)C(CN)C(=O)Nc1ccc(N(C)C(C)C)c(F)c1. The van der Waals surface area contributed by atoms with Crippen molar-refractivity contribution in [2.75, 3.05) is 23.8 Å². The molecule has 0 aliphatic rings. The van der Waals surface area contributed by atoms with Crippen LogP contribution in [0.5, 0.6) is 0 Å². The molecule has 0 spiro atoms. The van der Waals surface area contributed by atoms with Gasteiger partial charge in [0.05, 0.1) is 11.6 Å². The van der Waals surface area contributed by atoms with E-state index in [1.165, 1.54) is 6.07 Å². The lowest BCUT2D eigenvalue weighted by Gasteiger charge is -2.24. The molecule has 0 fully saturated rings. The van der Waals surface area contributed by atoms with E-state index >= 15 is 0 Å². The first-order valence-corrected chi connectivity index (χ1v) is 7.31. The highest BCUT2D eigenvalue weighted by Gasteiger charge is 2.21. The number of anilines is 2. The molecule has 118 valence electrons. The molecule has 0 aliphatic carbocycles. The smallest absolute Gasteiger partial charge is 0.229 e. The third kappa shape index (κ3) is 4.43. The summed E-state index contributed by atoms with van der Waals surface area (Å²) in [5, 5.41) is 2.73. The first-order valence-electron chi connectivity index (χ1n) is 7.31. The van der Waals surface area contributed by atoms with Crippen LogP contribution in [0, 0.1) is 17.7 Å². The second kappa shape index (κ2) is 7.41. The van der Waals surface area contributed by atoms with Crippen LogP contribution >= 0.6 is 0 Å². The van der Waals surface area contributed by atoms with Gasteiger partial charge >= 0.3 is 0 Å². The fourth-order valence-corrected chi connectivity index (χ4v) is 2.07. The van der Waals surface area contributed by atoms with Crippen LogP contribution in [0.2, 0.25) is 0 Å². The molecule has 4 nitrogen and oxygen atoms in total. The Hall–Kier alpha value is -1.62. The Kier molecular flexibility index (Phi) is 6.15. The van der Waals surface area contributed by atoms with E-state index in [0.717, 1.165) is 0 Å². The number of benzene rings is 1. The van der Waals surface area contributed by atoms with Crippen LogP contribution in [0.25, 0.3) is 0 Å². The van der Waals surface area contributed by atoms with Crippen molar-refractivity contribution in [1.82, 2.24) is 0 Å². The molecular formula is C16H26FN3O. The largest absolute Gasteiger partial charge is 0.370 e. The molecule has 0 radical (unpaired) electrons. The van der Waals surface area contributed by atoms with E-state index in [2.05, 4.69) is 5.32 Å². The van der Waals surface area contributed by atoms with Crippen LogP contribution in [-0.4, -0.2) is 25.5 Å². The number of carbonyl (C=O) groups is 1. The average molecular weight is 295 g/mol. The van der Waals surface area contributed by atoms with Gasteiger partial charge in [0.15, 0.2) is 0 Å². The van der Waals surface area contributed by atoms with E-state index < -0.39 is 0 Å². The second-order valence-corrected chi connectivity index (χ2v) is 5.95. The van der Waals surface area contributed by atoms with Gasteiger partial charge in [0.25, 0.3) is 0 Å². The fraction of sp³-hybridized carbons (Fsp3) is 0.562. The molecule has 0 bridgehead atoms. The van der Waals surface area contributed by atoms with Crippen molar-refractivity contribution in [3.05, 3.63) is 24.0 Å². The van der Waals surface area contributed by atoms with Crippen LogP contribution in [-0.2, 0) is 4.79 Å². The highest BCUT2D eigenvalue weighted by molar-refractivity contribution is 5.93. The Morgan fingerprint density at radius 2 is 1.95 bits per heavy atom. The lowest BCUT2D eigenvalue weighted by molar-refractivity contribution is -0.120. The first kappa shape index (κ1) is 17.4. The van der Waals surface area contributed by atoms with Gasteiger partial charge in [-0.1, -0.05) is 13.8 Å². The predicted octanol–water partition coefficient (Wildman–Crippen LogP) is 2.84. The summed E-state index contributed by atoms with van der Waals surface area (Å²) in [5.41, 5.74) is 6.59. The number of hydrogen-bond donors (Lipinski definition) is 2. The number of nitrogens with two attached hydrogens (primary N) is 1. The summed E-state index contributed by atoms with van der Waals surface area (Å²) in [6.45, 7) is 8.14. The minimum absolute atomic E-state index is 0.145. The summed E-state index contributed by atoms with van der Waals surface area (Å²) in [6, 6.07) is 4.93. The third-order valence-corrected chi connectivity index (χ3v) is 3.77. The average Bonchev–Trinajstić information content (AvgIpc) is 2.38. The lowest BCUT2D eigenvalue weighted by Crippen LogP contribution is -2.33. The van der Waals surface area contributed by atoms with Crippen LogP contribution < -0.4 is 16.0 Å². The van der Waals surface area contributed by atoms with Crippen molar-refractivity contribution in [3.8, 4) is 0 Å². The molecule has 3 N–H and O–H groups in total. The normalized spacial score (nSPS) is 12.6. The van der Waals surface area contributed by atoms with Crippen molar-refractivity contribution in [2.45, 2.75) is 33.7 Å². The van der Waals surface area contributed by atoms with Crippen LogP contribution in [0.15, 0.2) is 18.2 Å². The summed E-state index contributed by atoms with van der Waals surface area (Å²) in [5.74, 6) is -0.646. The zero-order chi connectivity index (χ0) is 16.2. The van der Waals surface area contributed by atoms with Crippen molar-refractivity contribution < 1.29 is 9.18 Å². The highest BCUT2D eigenvalue weighted by atomic mass is 19.1. The first-order chi connectivity index (χ1) is 9.77. The molecule has 0 aliphatic heterocycles. The number of amides is 1. The van der Waals surface area contributed by atoms with E-state index in [4.69, 9.17) is 5.73 Å². The van der Waals surface area contributed by atoms with Gasteiger partial charge < -0.3 is 16.0 Å². The third-order valence-electron chi connectivity index (χ3n) is 3.77. The summed E-state index contributed by atoms with van der Waals surface area (Å²) >= 11 is 0. The molecule has 1 atom stereocenters. The summed E-state index contributed by atoms with van der Waals surface area (Å²) in [7, 11) is 1.84. The van der Waals surface area contributed by atoms with Crippen LogP contribution in [0.4, 0.5) is 15.8 Å². The monoisotopic (exact) mass is 295 g/mol. The molecule has 0 saturated heterocycles. The minimum atomic E-state index is -0.349. The molecule has 1 amide bonds. The Bertz CT molecular complexity index is 488. The van der Waals surface area contributed by atoms with Crippen molar-refractivity contribution in [3.63, 3.8) is 0 Å². The van der Waals surface area contributed by atoms with Crippen molar-refractivity contribution >= 4 is 17.3 Å². The van der Waals surface area contributed by atoms with E-state index in [1.54, 1.807) is 12.1 Å². The Labute approximate surface area is 126 Å². The van der Waals surface area contributed by atoms with E-state index in [0.29, 0.717) is 11.4 Å². The lowest BCUT2D eigenvalue weighted by atomic mass is 9.95. The van der Waals surface area contributed by atoms with Gasteiger partial charge in [-0.2, -0.15) is 0 Å². The molecule has 1 aromatic carbocycles. The highest BCUT2D eigenvalue weighted by Crippen LogP contribution is 2.24. The molecule has 21 heavy (non-hydrogen) atoms. The van der Waals surface area contributed by atoms with Gasteiger partial charge in [-0.05, 0) is 38.0 Å². The molecule has 0 saturated carbocycles. The van der Waals surface area contributed by atoms with Gasteiger partial charge in [0.1, 0.15) is 5.82 Å². The van der Waals surface area contributed by atoms with Crippen LogP contribution in [0.3, 0.4) is 0 Å². The van der Waals surface area contributed by atoms with Gasteiger partial charge in [-0.3, -0.25) is 4.79 Å². The van der Waals surface area contributed by atoms with Gasteiger partial charge in [-0.15, -0.1) is 0 Å². The molecule has 0 heterocycles. The van der Waals surface area contributed by atoms with Gasteiger partial charge in [0.2, 0.25) is 5.91 Å². The van der Waals surface area contributed by atoms with Gasteiger partial charge in [0, 0.05) is 25.3 Å². The molecular weight excluding hydrogens is 269 g/mol. The zero-order valence-corrected chi connectivity index (χ0v) is 13.5. The van der Waals surface area contributed by atoms with Crippen molar-refractivity contribution in [2.24, 2.45) is 17.6 Å². The molecule has 1 aromatic rings. The Balaban J connectivity index is 2.87. The van der Waals surface area contributed by atoms with E-state index in [9.17, 15) is 9.18 Å². The fourth-order valence-electron chi connectivity index (χ4n) is 2.07. The predicted molar refractivity (Wildman–Crippen MR) is 86.0 cm³/mol. The quantitative estimate of drug-likeness (QED) is 0.848. The zero-order valence-electron chi connectivity index (χ0n) is 13.5. The number of nitrogens with one attached hydrogen (secondary N) is 1. The number of carbonyl (C=O) groups excluding carboxylic acids is 1. The van der Waals surface area contributed by atoms with E-state index in [1.807, 2.05) is 39.6 Å². The maximum Gasteiger partial charge on any atom is 0.229 e. The number of halogens is 1. The Morgan fingerprint density at radius 3 is 2.38 bits per heavy atom. The van der Waals surface area contributed by atoms with Gasteiger partial charge in [-0.25, -0.2) is 4.39 Å². The standard InChI is InChI=1S/C16H26FN3O/c1-10(2)13(9-18)16(21)19-12-6-7-15(14(17)8-12)20(5)11(3)4/h6-8,10-11,13H,9,18H2,1-5H3,(H,19,21). The summed E-state index contributed by atoms with van der Waals surface area (Å²) in [6.07, 6.45) is 0. The molecule has 5 heteroatoms. The van der Waals surface area contributed by atoms with Crippen molar-refractivity contribution in [1.29, 1.82) is 0 Å². The molecule has 1 unspecified atom stereocenters. The summed E-state index contributed by atoms with van der Waals surface area (Å²) in [4.78, 5) is 13.9. The maximum absolute atomic E-state index is 14.1. The second-order valence-electron chi connectivity index (χ2n) is 5.95. The summed E-state index contributed by atoms with van der Waals surface area (Å²) < 4.78 is 14.1. The molecule has 0 aromatic heterocycles. The number of hydrogen-bond acceptors (Lipinski definition) is 3. The topological polar surface area (TPSA) is 58.4 Å². The Morgan fingerprint density at radius 1 is 1.33 bits per heavy atom. The number of nitrogens with zero attached hydrogens (tertiary/aromatic N) is 1. The minimum Gasteiger partial charge on any atom is -0.370 e.